The summed E-state index contributed by atoms with van der Waals surface area (Å²) >= 11 is 0. The van der Waals surface area contributed by atoms with Crippen molar-refractivity contribution in [3.63, 3.8) is 0 Å². The Kier molecular flexibility index (Phi) is 27.4. The molecule has 12 heavy (non-hydrogen) atoms. The Hall–Kier alpha value is 0.746. The van der Waals surface area contributed by atoms with Crippen molar-refractivity contribution < 1.29 is 80.5 Å². The minimum atomic E-state index is -4.67. The molecule has 0 aromatic heterocycles. The van der Waals surface area contributed by atoms with Crippen LogP contribution < -0.4 is 51.4 Å². The van der Waals surface area contributed by atoms with Crippen LogP contribution in [-0.2, 0) is 15.1 Å². The van der Waals surface area contributed by atoms with Gasteiger partial charge in [-0.1, -0.05) is 13.2 Å². The quantitative estimate of drug-likeness (QED) is 0.294. The maximum Gasteiger partial charge on any atom is 1.00 e. The van der Waals surface area contributed by atoms with Gasteiger partial charge in [0.25, 0.3) is 0 Å². The SMILES string of the molecule is C=COC=C.O.O=S(=O)(O)O.[H-].[K+]. The van der Waals surface area contributed by atoms with Gasteiger partial charge in [0, 0.05) is 0 Å². The number of hydrogen-bond acceptors (Lipinski definition) is 3. The minimum absolute atomic E-state index is 0. The normalized spacial score (nSPS) is 7.17. The van der Waals surface area contributed by atoms with Crippen LogP contribution in [0.2, 0.25) is 0 Å². The van der Waals surface area contributed by atoms with Gasteiger partial charge in [0.15, 0.2) is 0 Å². The second-order valence-corrected chi connectivity index (χ2v) is 1.81. The second kappa shape index (κ2) is 14.3. The van der Waals surface area contributed by atoms with Crippen LogP contribution in [0.5, 0.6) is 0 Å². The van der Waals surface area contributed by atoms with Crippen LogP contribution in [0.1, 0.15) is 1.43 Å². The van der Waals surface area contributed by atoms with E-state index in [0.29, 0.717) is 0 Å². The van der Waals surface area contributed by atoms with Crippen molar-refractivity contribution >= 4 is 10.4 Å². The number of hydrogen-bond donors (Lipinski definition) is 2. The van der Waals surface area contributed by atoms with E-state index in [9.17, 15) is 0 Å². The topological polar surface area (TPSA) is 115 Å². The van der Waals surface area contributed by atoms with Crippen LogP contribution >= 0.6 is 0 Å². The Labute approximate surface area is 115 Å². The molecule has 0 heterocycles. The Bertz CT molecular complexity index is 177. The fourth-order valence-electron chi connectivity index (χ4n) is 0.0680. The van der Waals surface area contributed by atoms with E-state index in [1.54, 1.807) is 0 Å². The first-order valence-corrected chi connectivity index (χ1v) is 3.38. The fraction of sp³-hybridized carbons (Fsp3) is 0. The van der Waals surface area contributed by atoms with E-state index in [1.165, 1.54) is 12.5 Å². The van der Waals surface area contributed by atoms with E-state index in [0.717, 1.165) is 0 Å². The predicted octanol–water partition coefficient (Wildman–Crippen LogP) is -3.07. The Balaban J connectivity index is -0.0000000267. The van der Waals surface area contributed by atoms with E-state index < -0.39 is 10.4 Å². The Morgan fingerprint density at radius 1 is 1.25 bits per heavy atom. The van der Waals surface area contributed by atoms with Gasteiger partial charge in [-0.3, -0.25) is 9.11 Å². The average Bonchev–Trinajstić information content (AvgIpc) is 1.63. The average molecular weight is 226 g/mol. The van der Waals surface area contributed by atoms with E-state index in [2.05, 4.69) is 17.9 Å². The van der Waals surface area contributed by atoms with Gasteiger partial charge in [0.1, 0.15) is 0 Å². The second-order valence-electron chi connectivity index (χ2n) is 0.917. The monoisotopic (exact) mass is 226 g/mol. The first-order chi connectivity index (χ1) is 4.41. The number of ether oxygens (including phenoxy) is 1. The molecule has 0 bridgehead atoms. The van der Waals surface area contributed by atoms with Crippen molar-refractivity contribution in [1.82, 2.24) is 0 Å². The van der Waals surface area contributed by atoms with Crippen molar-refractivity contribution in [2.45, 2.75) is 0 Å². The van der Waals surface area contributed by atoms with Gasteiger partial charge in [-0.25, -0.2) is 0 Å². The van der Waals surface area contributed by atoms with Gasteiger partial charge in [0.2, 0.25) is 0 Å². The third-order valence-electron chi connectivity index (χ3n) is 0.192. The third kappa shape index (κ3) is 135. The molecule has 8 heteroatoms. The molecule has 0 saturated carbocycles. The summed E-state index contributed by atoms with van der Waals surface area (Å²) in [5.41, 5.74) is 0. The molecule has 0 amide bonds. The van der Waals surface area contributed by atoms with E-state index in [4.69, 9.17) is 17.5 Å². The summed E-state index contributed by atoms with van der Waals surface area (Å²) in [6, 6.07) is 0. The van der Waals surface area contributed by atoms with E-state index in [1.807, 2.05) is 0 Å². The van der Waals surface area contributed by atoms with Crippen LogP contribution in [0.25, 0.3) is 0 Å². The summed E-state index contributed by atoms with van der Waals surface area (Å²) in [4.78, 5) is 0. The summed E-state index contributed by atoms with van der Waals surface area (Å²) < 4.78 is 35.9. The van der Waals surface area contributed by atoms with Gasteiger partial charge in [-0.15, -0.1) is 0 Å². The number of rotatable bonds is 2. The van der Waals surface area contributed by atoms with Crippen LogP contribution in [0.4, 0.5) is 0 Å². The van der Waals surface area contributed by atoms with Gasteiger partial charge in [-0.2, -0.15) is 8.42 Å². The minimum Gasteiger partial charge on any atom is -1.00 e. The van der Waals surface area contributed by atoms with Crippen LogP contribution in [0.3, 0.4) is 0 Å². The molecule has 0 aromatic carbocycles. The molecule has 4 N–H and O–H groups in total. The maximum atomic E-state index is 8.74. The third-order valence-corrected chi connectivity index (χ3v) is 0.192. The molecular formula is C4H11KO6S. The molecule has 0 atom stereocenters. The molecule has 0 aliphatic rings. The van der Waals surface area contributed by atoms with Crippen molar-refractivity contribution in [3.8, 4) is 0 Å². The molecule has 0 aromatic rings. The van der Waals surface area contributed by atoms with E-state index >= 15 is 0 Å². The maximum absolute atomic E-state index is 8.74. The Morgan fingerprint density at radius 3 is 1.42 bits per heavy atom. The largest absolute Gasteiger partial charge is 1.00 e. The summed E-state index contributed by atoms with van der Waals surface area (Å²) in [6.45, 7) is 6.51. The predicted molar refractivity (Wildman–Crippen MR) is 40.4 cm³/mol. The summed E-state index contributed by atoms with van der Waals surface area (Å²) in [5, 5.41) is 0. The van der Waals surface area contributed by atoms with Gasteiger partial charge in [-0.05, 0) is 0 Å². The molecule has 0 aliphatic carbocycles. The van der Waals surface area contributed by atoms with Crippen molar-refractivity contribution in [2.24, 2.45) is 0 Å². The van der Waals surface area contributed by atoms with Gasteiger partial charge in [0.05, 0.1) is 12.5 Å². The van der Waals surface area contributed by atoms with Gasteiger partial charge >= 0.3 is 61.8 Å². The zero-order valence-corrected chi connectivity index (χ0v) is 10.5. The first kappa shape index (κ1) is 23.0. The zero-order chi connectivity index (χ0) is 8.62. The molecule has 0 aliphatic heterocycles. The van der Waals surface area contributed by atoms with Crippen molar-refractivity contribution in [3.05, 3.63) is 25.7 Å². The summed E-state index contributed by atoms with van der Waals surface area (Å²) in [6.07, 6.45) is 2.62. The first-order valence-electron chi connectivity index (χ1n) is 1.99. The smallest absolute Gasteiger partial charge is 1.00 e. The summed E-state index contributed by atoms with van der Waals surface area (Å²) in [5.74, 6) is 0. The molecule has 0 saturated heterocycles. The standard InChI is InChI=1S/C4H6O.K.H2O4S.H2O.H/c1-3-5-4-2;;1-5(2,3)4;;/h3-4H,1-2H2;;(H2,1,2,3,4);1H2;/q;+1;;;-1. The molecule has 70 valence electrons. The molecule has 0 fully saturated rings. The van der Waals surface area contributed by atoms with Crippen LogP contribution in [0.15, 0.2) is 25.7 Å². The van der Waals surface area contributed by atoms with Crippen molar-refractivity contribution in [2.75, 3.05) is 0 Å². The molecule has 0 rings (SSSR count). The molecule has 6 nitrogen and oxygen atoms in total. The Morgan fingerprint density at radius 2 is 1.42 bits per heavy atom. The zero-order valence-electron chi connectivity index (χ0n) is 7.60. The molecular weight excluding hydrogens is 215 g/mol. The molecule has 0 spiro atoms. The van der Waals surface area contributed by atoms with Crippen molar-refractivity contribution in [1.29, 1.82) is 0 Å². The van der Waals surface area contributed by atoms with Crippen LogP contribution in [0, 0.1) is 0 Å². The van der Waals surface area contributed by atoms with Gasteiger partial charge < -0.3 is 11.6 Å². The molecule has 0 unspecified atom stereocenters. The fourth-order valence-corrected chi connectivity index (χ4v) is 0.0680. The van der Waals surface area contributed by atoms with E-state index in [-0.39, 0.29) is 58.3 Å². The van der Waals surface area contributed by atoms with Crippen LogP contribution in [-0.4, -0.2) is 23.0 Å². The summed E-state index contributed by atoms with van der Waals surface area (Å²) in [7, 11) is -4.67. The molecule has 0 radical (unpaired) electrons.